The first-order valence-electron chi connectivity index (χ1n) is 11.9. The van der Waals surface area contributed by atoms with Crippen LogP contribution in [-0.4, -0.2) is 55.7 Å². The Morgan fingerprint density at radius 3 is 2.77 bits per heavy atom. The molecule has 1 atom stereocenters. The number of amides is 2. The Morgan fingerprint density at radius 1 is 1.17 bits per heavy atom. The summed E-state index contributed by atoms with van der Waals surface area (Å²) in [5.41, 5.74) is 14.9. The molecule has 3 heterocycles. The zero-order valence-electron chi connectivity index (χ0n) is 20.1. The van der Waals surface area contributed by atoms with Gasteiger partial charge in [-0.2, -0.15) is 0 Å². The van der Waals surface area contributed by atoms with Crippen LogP contribution in [0.3, 0.4) is 0 Å². The summed E-state index contributed by atoms with van der Waals surface area (Å²) in [7, 11) is 0. The Morgan fingerprint density at radius 2 is 2.00 bits per heavy atom. The van der Waals surface area contributed by atoms with Gasteiger partial charge in [0.2, 0.25) is 11.8 Å². The van der Waals surface area contributed by atoms with Crippen LogP contribution in [-0.2, 0) is 16.1 Å². The molecule has 4 N–H and O–H groups in total. The zero-order chi connectivity index (χ0) is 24.9. The quantitative estimate of drug-likeness (QED) is 0.504. The van der Waals surface area contributed by atoms with Crippen molar-refractivity contribution in [2.75, 3.05) is 24.6 Å². The molecule has 1 aliphatic heterocycles. The zero-order valence-corrected chi connectivity index (χ0v) is 20.1. The van der Waals surface area contributed by atoms with E-state index in [-0.39, 0.29) is 11.8 Å². The second kappa shape index (κ2) is 10.5. The molecule has 3 aromatic rings. The number of nitrogen functional groups attached to an aromatic ring is 2. The minimum absolute atomic E-state index is 0.0286. The highest BCUT2D eigenvalue weighted by Crippen LogP contribution is 2.23. The number of benzene rings is 1. The van der Waals surface area contributed by atoms with Crippen LogP contribution in [0.1, 0.15) is 43.0 Å². The normalized spacial score (nSPS) is 16.4. The van der Waals surface area contributed by atoms with E-state index < -0.39 is 6.04 Å². The standard InChI is InChI=1S/C26H31N7O2/c1-3-4-5-22-26(35)32(15-18-6-9-20-21(14-18)29-16-30-25(20)28)12-13-33(22)24(34)11-8-19-7-10-23(27)31-17(19)2/h6-11,14,16,22H,3-5,12-13,15H2,1-2H3,(H2,27,31)(H2,28,29,30)/t22-/m0/s1. The van der Waals surface area contributed by atoms with E-state index in [0.29, 0.717) is 37.7 Å². The van der Waals surface area contributed by atoms with Crippen molar-refractivity contribution in [1.29, 1.82) is 0 Å². The molecule has 1 aromatic carbocycles. The van der Waals surface area contributed by atoms with Crippen molar-refractivity contribution in [3.63, 3.8) is 0 Å². The van der Waals surface area contributed by atoms with Gasteiger partial charge in [0.05, 0.1) is 5.52 Å². The number of aryl methyl sites for hydroxylation is 1. The van der Waals surface area contributed by atoms with Gasteiger partial charge in [0.15, 0.2) is 0 Å². The van der Waals surface area contributed by atoms with Crippen molar-refractivity contribution in [2.24, 2.45) is 0 Å². The molecule has 0 aliphatic carbocycles. The monoisotopic (exact) mass is 473 g/mol. The first-order valence-corrected chi connectivity index (χ1v) is 11.9. The Balaban J connectivity index is 1.50. The van der Waals surface area contributed by atoms with Gasteiger partial charge in [-0.1, -0.05) is 25.8 Å². The molecule has 35 heavy (non-hydrogen) atoms. The van der Waals surface area contributed by atoms with Crippen LogP contribution >= 0.6 is 0 Å². The molecule has 182 valence electrons. The number of hydrogen-bond acceptors (Lipinski definition) is 7. The fraction of sp³-hybridized carbons (Fsp3) is 0.346. The van der Waals surface area contributed by atoms with Crippen LogP contribution in [0.4, 0.5) is 11.6 Å². The maximum absolute atomic E-state index is 13.5. The molecule has 2 amide bonds. The van der Waals surface area contributed by atoms with Crippen molar-refractivity contribution in [3.8, 4) is 0 Å². The number of hydrogen-bond donors (Lipinski definition) is 2. The van der Waals surface area contributed by atoms with Crippen molar-refractivity contribution in [2.45, 2.75) is 45.7 Å². The number of piperazine rings is 1. The molecule has 1 fully saturated rings. The summed E-state index contributed by atoms with van der Waals surface area (Å²) < 4.78 is 0. The molecule has 0 saturated carbocycles. The molecule has 0 spiro atoms. The SMILES string of the molecule is CCCC[C@H]1C(=O)N(Cc2ccc3c(N)ncnc3c2)CCN1C(=O)C=Cc1ccc(N)nc1C. The van der Waals surface area contributed by atoms with E-state index in [0.717, 1.165) is 40.6 Å². The topological polar surface area (TPSA) is 131 Å². The number of anilines is 2. The predicted molar refractivity (Wildman–Crippen MR) is 137 cm³/mol. The lowest BCUT2D eigenvalue weighted by molar-refractivity contribution is -0.150. The van der Waals surface area contributed by atoms with Crippen LogP contribution in [0.25, 0.3) is 17.0 Å². The maximum Gasteiger partial charge on any atom is 0.247 e. The number of pyridine rings is 1. The Hall–Kier alpha value is -4.01. The molecule has 0 radical (unpaired) electrons. The van der Waals surface area contributed by atoms with Gasteiger partial charge in [-0.15, -0.1) is 0 Å². The summed E-state index contributed by atoms with van der Waals surface area (Å²) in [6.45, 7) is 5.32. The van der Waals surface area contributed by atoms with E-state index in [1.807, 2.05) is 36.1 Å². The molecular weight excluding hydrogens is 442 g/mol. The highest BCUT2D eigenvalue weighted by Gasteiger charge is 2.36. The van der Waals surface area contributed by atoms with E-state index in [4.69, 9.17) is 11.5 Å². The molecule has 2 aromatic heterocycles. The summed E-state index contributed by atoms with van der Waals surface area (Å²) in [6, 6.07) is 8.82. The minimum Gasteiger partial charge on any atom is -0.384 e. The second-order valence-electron chi connectivity index (χ2n) is 8.80. The third-order valence-electron chi connectivity index (χ3n) is 6.36. The fourth-order valence-electron chi connectivity index (χ4n) is 4.40. The van der Waals surface area contributed by atoms with E-state index in [9.17, 15) is 9.59 Å². The van der Waals surface area contributed by atoms with Crippen LogP contribution in [0.5, 0.6) is 0 Å². The van der Waals surface area contributed by atoms with Gasteiger partial charge in [-0.25, -0.2) is 15.0 Å². The van der Waals surface area contributed by atoms with Crippen LogP contribution < -0.4 is 11.5 Å². The Labute approximate surface area is 204 Å². The smallest absolute Gasteiger partial charge is 0.247 e. The van der Waals surface area contributed by atoms with Crippen molar-refractivity contribution < 1.29 is 9.59 Å². The second-order valence-corrected chi connectivity index (χ2v) is 8.80. The summed E-state index contributed by atoms with van der Waals surface area (Å²) in [5.74, 6) is 0.671. The van der Waals surface area contributed by atoms with Crippen LogP contribution in [0.2, 0.25) is 0 Å². The summed E-state index contributed by atoms with van der Waals surface area (Å²) in [6.07, 6.45) is 7.15. The number of aromatic nitrogens is 3. The number of rotatable bonds is 7. The Kier molecular flexibility index (Phi) is 7.24. The fourth-order valence-corrected chi connectivity index (χ4v) is 4.40. The molecular formula is C26H31N7O2. The van der Waals surface area contributed by atoms with Gasteiger partial charge in [0.25, 0.3) is 0 Å². The molecule has 1 aliphatic rings. The average Bonchev–Trinajstić information content (AvgIpc) is 2.84. The number of nitrogens with two attached hydrogens (primary N) is 2. The Bertz CT molecular complexity index is 1270. The van der Waals surface area contributed by atoms with Gasteiger partial charge in [0.1, 0.15) is 24.0 Å². The number of fused-ring (bicyclic) bond motifs is 1. The van der Waals surface area contributed by atoms with E-state index in [1.54, 1.807) is 17.0 Å². The highest BCUT2D eigenvalue weighted by atomic mass is 16.2. The van der Waals surface area contributed by atoms with Gasteiger partial charge in [0, 0.05) is 36.8 Å². The maximum atomic E-state index is 13.5. The third kappa shape index (κ3) is 5.40. The lowest BCUT2D eigenvalue weighted by Gasteiger charge is -2.40. The lowest BCUT2D eigenvalue weighted by Crippen LogP contribution is -2.58. The minimum atomic E-state index is -0.482. The van der Waals surface area contributed by atoms with Crippen molar-refractivity contribution in [3.05, 3.63) is 59.6 Å². The van der Waals surface area contributed by atoms with Crippen molar-refractivity contribution in [1.82, 2.24) is 24.8 Å². The number of nitrogens with zero attached hydrogens (tertiary/aromatic N) is 5. The number of carbonyl (C=O) groups excluding carboxylic acids is 2. The van der Waals surface area contributed by atoms with Gasteiger partial charge in [-0.3, -0.25) is 9.59 Å². The van der Waals surface area contributed by atoms with E-state index in [1.165, 1.54) is 12.4 Å². The van der Waals surface area contributed by atoms with Crippen LogP contribution in [0, 0.1) is 6.92 Å². The number of carbonyl (C=O) groups is 2. The summed E-state index contributed by atoms with van der Waals surface area (Å²) in [4.78, 5) is 42.7. The average molecular weight is 474 g/mol. The molecule has 4 rings (SSSR count). The van der Waals surface area contributed by atoms with Gasteiger partial charge in [-0.05, 0) is 54.8 Å². The van der Waals surface area contributed by atoms with Gasteiger partial charge >= 0.3 is 0 Å². The molecule has 0 bridgehead atoms. The molecule has 9 heteroatoms. The highest BCUT2D eigenvalue weighted by molar-refractivity contribution is 5.96. The molecule has 0 unspecified atom stereocenters. The summed E-state index contributed by atoms with van der Waals surface area (Å²) in [5, 5.41) is 0.789. The predicted octanol–water partition coefficient (Wildman–Crippen LogP) is 2.94. The first-order chi connectivity index (χ1) is 16.9. The van der Waals surface area contributed by atoms with Crippen LogP contribution in [0.15, 0.2) is 42.7 Å². The molecule has 9 nitrogen and oxygen atoms in total. The first kappa shape index (κ1) is 24.1. The molecule has 1 saturated heterocycles. The van der Waals surface area contributed by atoms with Crippen molar-refractivity contribution >= 4 is 40.4 Å². The van der Waals surface area contributed by atoms with E-state index in [2.05, 4.69) is 21.9 Å². The van der Waals surface area contributed by atoms with E-state index >= 15 is 0 Å². The summed E-state index contributed by atoms with van der Waals surface area (Å²) >= 11 is 0. The largest absolute Gasteiger partial charge is 0.384 e. The lowest BCUT2D eigenvalue weighted by atomic mass is 10.0. The number of unbranched alkanes of at least 4 members (excludes halogenated alkanes) is 1. The third-order valence-corrected chi connectivity index (χ3v) is 6.36. The van der Waals surface area contributed by atoms with Gasteiger partial charge < -0.3 is 21.3 Å².